The minimum absolute atomic E-state index is 0.132. The molecule has 4 aromatic heterocycles. The summed E-state index contributed by atoms with van der Waals surface area (Å²) in [5.41, 5.74) is 12.7. The van der Waals surface area contributed by atoms with E-state index in [1.54, 1.807) is 5.56 Å². The van der Waals surface area contributed by atoms with Crippen LogP contribution in [0.1, 0.15) is 30.4 Å². The lowest BCUT2D eigenvalue weighted by Crippen LogP contribution is -2.88. The summed E-state index contributed by atoms with van der Waals surface area (Å²) in [5.74, 6) is 3.48. The van der Waals surface area contributed by atoms with Gasteiger partial charge in [0.2, 0.25) is 11.4 Å². The van der Waals surface area contributed by atoms with Crippen LogP contribution in [0.25, 0.3) is 55.3 Å². The van der Waals surface area contributed by atoms with Crippen LogP contribution in [0.2, 0.25) is 0 Å². The van der Waals surface area contributed by atoms with Gasteiger partial charge in [-0.05, 0) is 95.4 Å². The maximum Gasteiger partial charge on any atom is 0.227 e. The molecule has 0 aliphatic heterocycles. The van der Waals surface area contributed by atoms with E-state index in [9.17, 15) is 0 Å². The van der Waals surface area contributed by atoms with Crippen molar-refractivity contribution in [1.82, 2.24) is 9.97 Å². The quantitative estimate of drug-likeness (QED) is 0.197. The Morgan fingerprint density at radius 2 is 1.17 bits per heavy atom. The standard InChI is InChI=1S/C43H29N3O2/c1-4-11-32-29(10-1)39-33(43(32)37-17-23-16-24-18-38(43)42(23,24)37)12-7-13-34(39)46(25-19-30-27-8-2-5-14-35(27)47-40(30)44-21-25)26-20-31-28-9-3-6-15-36(28)48-41(31)45-22-26/h1-15,19-24,37-38H,16-18H2. The van der Waals surface area contributed by atoms with Gasteiger partial charge in [-0.3, -0.25) is 0 Å². The van der Waals surface area contributed by atoms with Crippen molar-refractivity contribution >= 4 is 61.2 Å². The Bertz CT molecular complexity index is 2600. The number of furan rings is 2. The van der Waals surface area contributed by atoms with E-state index in [1.165, 1.54) is 41.6 Å². The van der Waals surface area contributed by atoms with Gasteiger partial charge in [-0.15, -0.1) is 0 Å². The van der Waals surface area contributed by atoms with Gasteiger partial charge in [0.25, 0.3) is 0 Å². The Morgan fingerprint density at radius 3 is 1.81 bits per heavy atom. The van der Waals surface area contributed by atoms with Gasteiger partial charge in [-0.25, -0.2) is 9.97 Å². The van der Waals surface area contributed by atoms with E-state index < -0.39 is 0 Å². The summed E-state index contributed by atoms with van der Waals surface area (Å²) in [6.07, 6.45) is 8.16. The molecule has 5 heteroatoms. The minimum Gasteiger partial charge on any atom is -0.438 e. The number of pyridine rings is 2. The fourth-order valence-electron chi connectivity index (χ4n) is 12.0. The van der Waals surface area contributed by atoms with Crippen molar-refractivity contribution in [3.63, 3.8) is 0 Å². The summed E-state index contributed by atoms with van der Waals surface area (Å²) in [5, 5.41) is 4.15. The van der Waals surface area contributed by atoms with Crippen molar-refractivity contribution in [3.8, 4) is 11.1 Å². The van der Waals surface area contributed by atoms with Crippen LogP contribution in [0.4, 0.5) is 17.1 Å². The summed E-state index contributed by atoms with van der Waals surface area (Å²) >= 11 is 0. The molecule has 0 radical (unpaired) electrons. The van der Waals surface area contributed by atoms with E-state index in [2.05, 4.69) is 83.8 Å². The summed E-state index contributed by atoms with van der Waals surface area (Å²) in [4.78, 5) is 12.2. The lowest BCUT2D eigenvalue weighted by molar-refractivity contribution is -0.412. The normalized spacial score (nSPS) is 28.3. The molecular formula is C43H29N3O2. The van der Waals surface area contributed by atoms with Crippen molar-refractivity contribution in [2.75, 3.05) is 4.90 Å². The molecule has 4 atom stereocenters. The van der Waals surface area contributed by atoms with E-state index in [0.717, 1.165) is 67.8 Å². The number of benzene rings is 4. The highest BCUT2D eigenvalue weighted by Gasteiger charge is 2.90. The Hall–Kier alpha value is -5.42. The van der Waals surface area contributed by atoms with Crippen molar-refractivity contribution in [3.05, 3.63) is 127 Å². The second-order valence-electron chi connectivity index (χ2n) is 14.9. The molecule has 48 heavy (non-hydrogen) atoms. The molecule has 2 spiro atoms. The van der Waals surface area contributed by atoms with Crippen molar-refractivity contribution in [2.24, 2.45) is 29.1 Å². The third-order valence-electron chi connectivity index (χ3n) is 13.7. The van der Waals surface area contributed by atoms with Gasteiger partial charge in [-0.2, -0.15) is 0 Å². The van der Waals surface area contributed by atoms with E-state index in [-0.39, 0.29) is 5.41 Å². The van der Waals surface area contributed by atoms with Gasteiger partial charge >= 0.3 is 0 Å². The first-order valence-corrected chi connectivity index (χ1v) is 17.3. The molecular weight excluding hydrogens is 590 g/mol. The van der Waals surface area contributed by atoms with Crippen LogP contribution in [0.5, 0.6) is 0 Å². The molecule has 4 heterocycles. The van der Waals surface area contributed by atoms with E-state index >= 15 is 0 Å². The van der Waals surface area contributed by atoms with Crippen LogP contribution >= 0.6 is 0 Å². The number of rotatable bonds is 3. The average Bonchev–Trinajstić information content (AvgIpc) is 3.75. The maximum absolute atomic E-state index is 6.18. The molecule has 0 bridgehead atoms. The number of fused-ring (bicyclic) bond motifs is 13. The topological polar surface area (TPSA) is 55.3 Å². The SMILES string of the molecule is c1ccc2c(c1)-c1c(N(c3cnc4oc5ccccc5c4c3)c3cnc4oc5ccccc5c4c3)cccc1C21C2CC3CC4CC1C342. The molecule has 5 aliphatic rings. The number of aromatic nitrogens is 2. The Morgan fingerprint density at radius 1 is 0.583 bits per heavy atom. The molecule has 4 unspecified atom stereocenters. The molecule has 4 fully saturated rings. The second-order valence-corrected chi connectivity index (χ2v) is 14.9. The molecule has 8 aromatic rings. The Balaban J connectivity index is 1.09. The number of hydrogen-bond donors (Lipinski definition) is 0. The van der Waals surface area contributed by atoms with Crippen molar-refractivity contribution in [1.29, 1.82) is 0 Å². The first kappa shape index (κ1) is 24.7. The van der Waals surface area contributed by atoms with Crippen LogP contribution in [0, 0.1) is 29.1 Å². The Labute approximate surface area is 275 Å². The second kappa shape index (κ2) is 7.99. The first-order chi connectivity index (χ1) is 23.8. The molecule has 228 valence electrons. The first-order valence-electron chi connectivity index (χ1n) is 17.3. The van der Waals surface area contributed by atoms with Crippen LogP contribution in [-0.2, 0) is 5.41 Å². The van der Waals surface area contributed by atoms with Gasteiger partial charge in [0.05, 0.1) is 40.2 Å². The highest BCUT2D eigenvalue weighted by atomic mass is 16.3. The smallest absolute Gasteiger partial charge is 0.227 e. The van der Waals surface area contributed by atoms with Gasteiger partial charge in [0.1, 0.15) is 11.2 Å². The molecule has 4 aromatic carbocycles. The lowest BCUT2D eigenvalue weighted by atomic mass is 9.11. The molecule has 0 amide bonds. The van der Waals surface area contributed by atoms with Gasteiger partial charge in [0, 0.05) is 21.8 Å². The number of hydrogen-bond acceptors (Lipinski definition) is 5. The summed E-state index contributed by atoms with van der Waals surface area (Å²) in [6.45, 7) is 0. The van der Waals surface area contributed by atoms with Crippen molar-refractivity contribution < 1.29 is 8.83 Å². The molecule has 4 saturated carbocycles. The predicted molar refractivity (Wildman–Crippen MR) is 188 cm³/mol. The highest BCUT2D eigenvalue weighted by molar-refractivity contribution is 6.07. The van der Waals surface area contributed by atoms with Crippen molar-refractivity contribution in [2.45, 2.75) is 24.7 Å². The van der Waals surface area contributed by atoms with E-state index in [0.29, 0.717) is 16.8 Å². The predicted octanol–water partition coefficient (Wildman–Crippen LogP) is 10.7. The zero-order valence-corrected chi connectivity index (χ0v) is 26.1. The van der Waals surface area contributed by atoms with Crippen LogP contribution in [0.15, 0.2) is 124 Å². The number of anilines is 3. The molecule has 5 nitrogen and oxygen atoms in total. The van der Waals surface area contributed by atoms with Gasteiger partial charge < -0.3 is 13.7 Å². The molecule has 0 N–H and O–H groups in total. The monoisotopic (exact) mass is 619 g/mol. The van der Waals surface area contributed by atoms with E-state index in [1.807, 2.05) is 36.7 Å². The average molecular weight is 620 g/mol. The highest BCUT2D eigenvalue weighted by Crippen LogP contribution is 2.95. The Kier molecular flexibility index (Phi) is 4.11. The van der Waals surface area contributed by atoms with Crippen LogP contribution in [-0.4, -0.2) is 9.97 Å². The van der Waals surface area contributed by atoms with Crippen LogP contribution < -0.4 is 4.90 Å². The fraction of sp³-hybridized carbons (Fsp3) is 0.209. The summed E-state index contributed by atoms with van der Waals surface area (Å²) in [7, 11) is 0. The summed E-state index contributed by atoms with van der Waals surface area (Å²) < 4.78 is 12.4. The van der Waals surface area contributed by atoms with Crippen LogP contribution in [0.3, 0.4) is 0 Å². The third-order valence-corrected chi connectivity index (χ3v) is 13.7. The third kappa shape index (κ3) is 2.50. The molecule has 13 rings (SSSR count). The maximum atomic E-state index is 6.18. The zero-order chi connectivity index (χ0) is 30.9. The fourth-order valence-corrected chi connectivity index (χ4v) is 12.0. The minimum atomic E-state index is 0.132. The number of nitrogens with zero attached hydrogens (tertiary/aromatic N) is 3. The lowest BCUT2D eigenvalue weighted by Gasteiger charge is -2.92. The van der Waals surface area contributed by atoms with Gasteiger partial charge in [-0.1, -0.05) is 72.8 Å². The summed E-state index contributed by atoms with van der Waals surface area (Å²) in [6, 6.07) is 37.3. The zero-order valence-electron chi connectivity index (χ0n) is 26.1. The largest absolute Gasteiger partial charge is 0.438 e. The molecule has 5 aliphatic carbocycles. The van der Waals surface area contributed by atoms with Gasteiger partial charge in [0.15, 0.2) is 0 Å². The van der Waals surface area contributed by atoms with E-state index in [4.69, 9.17) is 18.8 Å². The molecule has 0 saturated heterocycles. The number of para-hydroxylation sites is 2.